The van der Waals surface area contributed by atoms with E-state index in [0.717, 1.165) is 12.1 Å². The molecule has 0 spiro atoms. The Morgan fingerprint density at radius 3 is 2.35 bits per heavy atom. The van der Waals surface area contributed by atoms with Gasteiger partial charge in [-0.25, -0.2) is 0 Å². The van der Waals surface area contributed by atoms with E-state index in [1.807, 2.05) is 0 Å². The molecule has 0 heterocycles. The van der Waals surface area contributed by atoms with E-state index in [9.17, 15) is 23.1 Å². The number of hydrogen-bond acceptors (Lipinski definition) is 2. The molecule has 1 fully saturated rings. The van der Waals surface area contributed by atoms with Crippen LogP contribution in [0.4, 0.5) is 13.2 Å². The first-order valence-corrected chi connectivity index (χ1v) is 6.57. The van der Waals surface area contributed by atoms with E-state index in [1.165, 1.54) is 6.07 Å². The van der Waals surface area contributed by atoms with Crippen LogP contribution in [0.2, 0.25) is 5.02 Å². The van der Waals surface area contributed by atoms with Crippen LogP contribution in [0, 0.1) is 5.41 Å². The number of carbonyl (C=O) groups is 1. The average molecular weight is 348 g/mol. The zero-order chi connectivity index (χ0) is 15.3. The number of aliphatic hydroxyl groups excluding tert-OH is 1. The standard InChI is InChI=1S/C12H8Cl3F3O2/c13-8-2-1-6(3-7(8)12(16,17)18)9-10(4-19,5-20)11(9,14)15/h1-4,9,20H,5H2. The van der Waals surface area contributed by atoms with Gasteiger partial charge in [-0.3, -0.25) is 0 Å². The summed E-state index contributed by atoms with van der Waals surface area (Å²) in [6.07, 6.45) is -4.26. The van der Waals surface area contributed by atoms with Crippen LogP contribution in [0.5, 0.6) is 0 Å². The highest BCUT2D eigenvalue weighted by atomic mass is 35.5. The molecule has 20 heavy (non-hydrogen) atoms. The summed E-state index contributed by atoms with van der Waals surface area (Å²) in [7, 11) is 0. The summed E-state index contributed by atoms with van der Waals surface area (Å²) >= 11 is 17.4. The molecule has 1 aromatic carbocycles. The van der Waals surface area contributed by atoms with Crippen molar-refractivity contribution < 1.29 is 23.1 Å². The molecule has 2 rings (SSSR count). The van der Waals surface area contributed by atoms with Gasteiger partial charge in [0.2, 0.25) is 0 Å². The van der Waals surface area contributed by atoms with Gasteiger partial charge in [-0.1, -0.05) is 40.9 Å². The maximum absolute atomic E-state index is 12.8. The number of halogens is 6. The highest BCUT2D eigenvalue weighted by Gasteiger charge is 2.76. The molecule has 1 N–H and O–H groups in total. The van der Waals surface area contributed by atoms with Crippen LogP contribution in [0.25, 0.3) is 0 Å². The molecular weight excluding hydrogens is 339 g/mol. The van der Waals surface area contributed by atoms with Crippen LogP contribution in [-0.2, 0) is 11.0 Å². The van der Waals surface area contributed by atoms with Gasteiger partial charge in [-0.05, 0) is 17.7 Å². The molecule has 1 saturated carbocycles. The Morgan fingerprint density at radius 1 is 1.35 bits per heavy atom. The van der Waals surface area contributed by atoms with Crippen molar-refractivity contribution in [3.05, 3.63) is 34.3 Å². The first kappa shape index (κ1) is 15.9. The fourth-order valence-electron chi connectivity index (χ4n) is 2.30. The van der Waals surface area contributed by atoms with Gasteiger partial charge in [0.05, 0.1) is 22.6 Å². The molecule has 2 unspecified atom stereocenters. The third kappa shape index (κ3) is 2.11. The molecule has 0 bridgehead atoms. The van der Waals surface area contributed by atoms with Gasteiger partial charge in [-0.2, -0.15) is 13.2 Å². The second-order valence-corrected chi connectivity index (χ2v) is 6.40. The highest BCUT2D eigenvalue weighted by Crippen LogP contribution is 2.72. The summed E-state index contributed by atoms with van der Waals surface area (Å²) in [4.78, 5) is 11.1. The Balaban J connectivity index is 2.49. The molecule has 0 radical (unpaired) electrons. The van der Waals surface area contributed by atoms with E-state index < -0.39 is 39.0 Å². The van der Waals surface area contributed by atoms with Crippen molar-refractivity contribution in [1.29, 1.82) is 0 Å². The zero-order valence-corrected chi connectivity index (χ0v) is 12.0. The maximum Gasteiger partial charge on any atom is 0.417 e. The monoisotopic (exact) mass is 346 g/mol. The van der Waals surface area contributed by atoms with E-state index in [0.29, 0.717) is 6.29 Å². The van der Waals surface area contributed by atoms with Crippen molar-refractivity contribution in [2.24, 2.45) is 5.41 Å². The minimum absolute atomic E-state index is 0.105. The summed E-state index contributed by atoms with van der Waals surface area (Å²) < 4.78 is 36.7. The van der Waals surface area contributed by atoms with Crippen LogP contribution in [-0.4, -0.2) is 22.3 Å². The minimum Gasteiger partial charge on any atom is -0.395 e. The first-order chi connectivity index (χ1) is 9.11. The van der Waals surface area contributed by atoms with Crippen LogP contribution in [0.15, 0.2) is 18.2 Å². The Bertz CT molecular complexity index is 559. The molecule has 0 amide bonds. The highest BCUT2D eigenvalue weighted by molar-refractivity contribution is 6.54. The van der Waals surface area contributed by atoms with Crippen molar-refractivity contribution in [3.63, 3.8) is 0 Å². The average Bonchev–Trinajstić information content (AvgIpc) is 2.85. The van der Waals surface area contributed by atoms with Crippen LogP contribution >= 0.6 is 34.8 Å². The van der Waals surface area contributed by atoms with Crippen LogP contribution in [0.1, 0.15) is 17.0 Å². The minimum atomic E-state index is -4.63. The van der Waals surface area contributed by atoms with Crippen LogP contribution < -0.4 is 0 Å². The zero-order valence-electron chi connectivity index (χ0n) is 9.72. The summed E-state index contributed by atoms with van der Waals surface area (Å²) in [5, 5.41) is 8.80. The van der Waals surface area contributed by atoms with Crippen molar-refractivity contribution in [2.45, 2.75) is 16.4 Å². The Kier molecular flexibility index (Phi) is 3.79. The van der Waals surface area contributed by atoms with E-state index in [2.05, 4.69) is 0 Å². The van der Waals surface area contributed by atoms with Gasteiger partial charge in [0.1, 0.15) is 10.6 Å². The molecule has 0 aliphatic heterocycles. The van der Waals surface area contributed by atoms with Gasteiger partial charge in [0.15, 0.2) is 0 Å². The quantitative estimate of drug-likeness (QED) is 0.667. The van der Waals surface area contributed by atoms with Crippen molar-refractivity contribution in [3.8, 4) is 0 Å². The number of benzene rings is 1. The largest absolute Gasteiger partial charge is 0.417 e. The molecule has 0 saturated heterocycles. The Morgan fingerprint density at radius 2 is 1.95 bits per heavy atom. The molecule has 2 nitrogen and oxygen atoms in total. The van der Waals surface area contributed by atoms with E-state index in [4.69, 9.17) is 34.8 Å². The number of aliphatic hydroxyl groups is 1. The summed E-state index contributed by atoms with van der Waals surface area (Å²) in [6.45, 7) is -0.655. The molecule has 0 aromatic heterocycles. The second-order valence-electron chi connectivity index (χ2n) is 4.61. The summed E-state index contributed by atoms with van der Waals surface area (Å²) in [6, 6.07) is 3.17. The Labute approximate surface area is 127 Å². The molecule has 1 aromatic rings. The second kappa shape index (κ2) is 4.77. The third-order valence-corrected chi connectivity index (χ3v) is 4.99. The number of hydrogen-bond donors (Lipinski definition) is 1. The normalized spacial score (nSPS) is 28.2. The third-order valence-electron chi connectivity index (χ3n) is 3.52. The van der Waals surface area contributed by atoms with E-state index in [1.54, 1.807) is 0 Å². The summed E-state index contributed by atoms with van der Waals surface area (Å²) in [5.74, 6) is -0.917. The lowest BCUT2D eigenvalue weighted by atomic mass is 9.99. The molecular formula is C12H8Cl3F3O2. The Hall–Kier alpha value is -0.490. The number of aldehydes is 1. The van der Waals surface area contributed by atoms with E-state index >= 15 is 0 Å². The van der Waals surface area contributed by atoms with Gasteiger partial charge in [0.25, 0.3) is 0 Å². The van der Waals surface area contributed by atoms with Gasteiger partial charge in [-0.15, -0.1) is 0 Å². The van der Waals surface area contributed by atoms with Crippen LogP contribution in [0.3, 0.4) is 0 Å². The van der Waals surface area contributed by atoms with Gasteiger partial charge in [0, 0.05) is 5.92 Å². The molecule has 1 aliphatic carbocycles. The fraction of sp³-hybridized carbons (Fsp3) is 0.417. The lowest BCUT2D eigenvalue weighted by Gasteiger charge is -2.11. The van der Waals surface area contributed by atoms with Crippen molar-refractivity contribution >= 4 is 41.1 Å². The topological polar surface area (TPSA) is 37.3 Å². The fourth-order valence-corrected chi connectivity index (χ4v) is 3.49. The predicted octanol–water partition coefficient (Wildman–Crippen LogP) is 3.81. The van der Waals surface area contributed by atoms with Crippen molar-refractivity contribution in [1.82, 2.24) is 0 Å². The van der Waals surface area contributed by atoms with Gasteiger partial charge >= 0.3 is 6.18 Å². The molecule has 1 aliphatic rings. The number of carbonyl (C=O) groups excluding carboxylic acids is 1. The smallest absolute Gasteiger partial charge is 0.395 e. The van der Waals surface area contributed by atoms with E-state index in [-0.39, 0.29) is 5.56 Å². The van der Waals surface area contributed by atoms with Gasteiger partial charge < -0.3 is 9.90 Å². The molecule has 8 heteroatoms. The SMILES string of the molecule is O=CC1(CO)C(c2ccc(Cl)c(C(F)(F)F)c2)C1(Cl)Cl. The predicted molar refractivity (Wildman–Crippen MR) is 69.2 cm³/mol. The first-order valence-electron chi connectivity index (χ1n) is 5.43. The number of alkyl halides is 5. The molecule has 110 valence electrons. The summed E-state index contributed by atoms with van der Waals surface area (Å²) in [5.41, 5.74) is -2.43. The lowest BCUT2D eigenvalue weighted by molar-refractivity contribution is -0.137. The molecule has 2 atom stereocenters. The lowest BCUT2D eigenvalue weighted by Crippen LogP contribution is -2.16. The maximum atomic E-state index is 12.8. The number of rotatable bonds is 3. The van der Waals surface area contributed by atoms with Crippen molar-refractivity contribution in [2.75, 3.05) is 6.61 Å².